The molecule has 0 radical (unpaired) electrons. The van der Waals surface area contributed by atoms with Crippen LogP contribution in [0.1, 0.15) is 127 Å². The fourth-order valence-electron chi connectivity index (χ4n) is 11.7. The lowest BCUT2D eigenvalue weighted by atomic mass is 9.80. The Morgan fingerprint density at radius 2 is 1.82 bits per heavy atom. The lowest BCUT2D eigenvalue weighted by Gasteiger charge is -2.49. The number of cyclic esters (lactones) is 1. The van der Waals surface area contributed by atoms with Gasteiger partial charge in [0.2, 0.25) is 5.91 Å². The third-order valence-corrected chi connectivity index (χ3v) is 16.9. The van der Waals surface area contributed by atoms with Crippen LogP contribution in [0.4, 0.5) is 0 Å². The number of hydrazine groups is 1. The van der Waals surface area contributed by atoms with Gasteiger partial charge in [0.1, 0.15) is 12.1 Å². The van der Waals surface area contributed by atoms with E-state index in [1.807, 2.05) is 6.92 Å². The summed E-state index contributed by atoms with van der Waals surface area (Å²) in [5.74, 6) is -0.453. The number of aryl methyl sites for hydroxylation is 1. The molecule has 10 atom stereocenters. The number of hydrogen-bond donors (Lipinski definition) is 2. The van der Waals surface area contributed by atoms with Crippen LogP contribution >= 0.6 is 11.3 Å². The predicted octanol–water partition coefficient (Wildman–Crippen LogP) is 7.77. The lowest BCUT2D eigenvalue weighted by molar-refractivity contribution is -0.155. The van der Waals surface area contributed by atoms with Crippen LogP contribution in [0.2, 0.25) is 0 Å². The molecule has 8 bridgehead atoms. The number of piperidine rings is 1. The highest BCUT2D eigenvalue weighted by atomic mass is 32.1. The number of nitrogens with one attached hydrogen (secondary N) is 2. The molecule has 0 spiro atoms. The molecule has 2 amide bonds. The van der Waals surface area contributed by atoms with Crippen molar-refractivity contribution in [3.63, 3.8) is 0 Å². The van der Waals surface area contributed by atoms with E-state index < -0.39 is 23.4 Å². The highest BCUT2D eigenvalue weighted by molar-refractivity contribution is 7.10. The van der Waals surface area contributed by atoms with Crippen molar-refractivity contribution in [3.05, 3.63) is 57.7 Å². The largest absolute Gasteiger partial charge is 0.464 e. The molecule has 2 N–H and O–H groups in total. The average Bonchev–Trinajstić information content (AvgIpc) is 4.15. The van der Waals surface area contributed by atoms with Crippen LogP contribution < -0.4 is 10.7 Å². The van der Waals surface area contributed by atoms with E-state index in [2.05, 4.69) is 97.6 Å². The Morgan fingerprint density at radius 1 is 1.06 bits per heavy atom. The minimum Gasteiger partial charge on any atom is -0.464 e. The molecule has 4 aromatic rings. The zero-order valence-corrected chi connectivity index (χ0v) is 40.2. The topological polar surface area (TPSA) is 140 Å². The SMILES string of the molecule is CCn1c(-c2cc([C@@H]3C[C@H]4COC[C@@H](C3)N4C3CC3)cnc2[C@H](C)OC)c2c3cc(ccc31)-c1csc(n1)[C@@H](C)[C@H](NC(=O)[C@H]1[C@H](C)[C@@H]1C)C(=O)N1CCC[C@H](N1)C(=O)OCC(C)(C)C2. The van der Waals surface area contributed by atoms with Crippen molar-refractivity contribution < 1.29 is 28.6 Å². The number of benzene rings is 1. The molecular formula is C51H67N7O6S. The number of hydrogen-bond acceptors (Lipinski definition) is 11. The number of morpholine rings is 1. The summed E-state index contributed by atoms with van der Waals surface area (Å²) in [4.78, 5) is 55.4. The number of fused-ring (bicyclic) bond motifs is 8. The number of amides is 2. The van der Waals surface area contributed by atoms with Gasteiger partial charge >= 0.3 is 5.97 Å². The standard InChI is InChI=1S/C51H67N7O6S/c1-9-56-42-15-12-31-19-37(42)39(46(56)38-20-33(22-52-45(38)30(5)62-8)32-17-35-23-63-24-36(18-32)58(35)34-13-14-34)21-51(6,7)26-64-50(61)40-11-10-16-57(55-40)49(60)44(29(4)48-53-41(31)25-65-48)54-47(59)43-27(2)28(43)3/h12,15,19-20,22,25,27-30,32,34-36,40,43-44,55H,9-11,13-14,16-18,21,23-24,26H2,1-8H3,(H,54,59)/t27-,28+,29-,30-,32-,35+,36-,40-,43+,44-/m0/s1. The Kier molecular flexibility index (Phi) is 12.0. The summed E-state index contributed by atoms with van der Waals surface area (Å²) in [6.45, 7) is 17.6. The number of esters is 1. The van der Waals surface area contributed by atoms with Crippen molar-refractivity contribution in [3.8, 4) is 22.5 Å². The molecule has 2 saturated carbocycles. The molecule has 6 aliphatic rings. The average molecular weight is 906 g/mol. The van der Waals surface area contributed by atoms with Crippen LogP contribution in [0.5, 0.6) is 0 Å². The van der Waals surface area contributed by atoms with E-state index in [4.69, 9.17) is 24.2 Å². The molecule has 3 aromatic heterocycles. The fraction of sp³-hybridized carbons (Fsp3) is 0.627. The van der Waals surface area contributed by atoms with Crippen molar-refractivity contribution in [2.45, 2.75) is 148 Å². The maximum Gasteiger partial charge on any atom is 0.324 e. The van der Waals surface area contributed by atoms with Crippen LogP contribution in [0.3, 0.4) is 0 Å². The Labute approximate surface area is 387 Å². The van der Waals surface area contributed by atoms with E-state index in [0.29, 0.717) is 49.9 Å². The Morgan fingerprint density at radius 3 is 2.51 bits per heavy atom. The molecule has 5 fully saturated rings. The minimum absolute atomic E-state index is 0.113. The first-order valence-electron chi connectivity index (χ1n) is 24.3. The van der Waals surface area contributed by atoms with Gasteiger partial charge in [0.05, 0.1) is 48.0 Å². The van der Waals surface area contributed by atoms with Gasteiger partial charge in [-0.2, -0.15) is 0 Å². The molecule has 0 unspecified atom stereocenters. The van der Waals surface area contributed by atoms with Gasteiger partial charge in [0.15, 0.2) is 0 Å². The van der Waals surface area contributed by atoms with Gasteiger partial charge in [0.25, 0.3) is 5.91 Å². The zero-order valence-electron chi connectivity index (χ0n) is 39.4. The third kappa shape index (κ3) is 8.33. The summed E-state index contributed by atoms with van der Waals surface area (Å²) in [6, 6.07) is 9.04. The van der Waals surface area contributed by atoms with Crippen LogP contribution in [-0.2, 0) is 41.6 Å². The summed E-state index contributed by atoms with van der Waals surface area (Å²) in [6.07, 6.45) is 8.35. The molecule has 3 saturated heterocycles. The van der Waals surface area contributed by atoms with Crippen molar-refractivity contribution in [2.75, 3.05) is 33.5 Å². The van der Waals surface area contributed by atoms with E-state index in [0.717, 1.165) is 76.7 Å². The van der Waals surface area contributed by atoms with Crippen LogP contribution in [-0.4, -0.2) is 106 Å². The normalized spacial score (nSPS) is 31.0. The van der Waals surface area contributed by atoms with Crippen LogP contribution in [0, 0.1) is 23.2 Å². The minimum atomic E-state index is -0.872. The van der Waals surface area contributed by atoms with Gasteiger partial charge < -0.3 is 24.1 Å². The first-order valence-corrected chi connectivity index (χ1v) is 25.2. The van der Waals surface area contributed by atoms with Crippen molar-refractivity contribution >= 4 is 40.0 Å². The van der Waals surface area contributed by atoms with Gasteiger partial charge in [-0.05, 0) is 106 Å². The van der Waals surface area contributed by atoms with Crippen molar-refractivity contribution in [1.29, 1.82) is 0 Å². The van der Waals surface area contributed by atoms with Crippen molar-refractivity contribution in [2.24, 2.45) is 23.2 Å². The van der Waals surface area contributed by atoms with Crippen LogP contribution in [0.15, 0.2) is 35.8 Å². The molecule has 14 heteroatoms. The highest BCUT2D eigenvalue weighted by Gasteiger charge is 2.50. The number of nitrogens with zero attached hydrogens (tertiary/aromatic N) is 5. The van der Waals surface area contributed by atoms with E-state index >= 15 is 0 Å². The van der Waals surface area contributed by atoms with Crippen LogP contribution in [0.25, 0.3) is 33.4 Å². The van der Waals surface area contributed by atoms with Gasteiger partial charge in [-0.25, -0.2) is 10.4 Å². The second-order valence-electron chi connectivity index (χ2n) is 20.9. The van der Waals surface area contributed by atoms with E-state index in [1.165, 1.54) is 40.3 Å². The summed E-state index contributed by atoms with van der Waals surface area (Å²) in [5.41, 5.74) is 11.2. The maximum atomic E-state index is 14.5. The first-order chi connectivity index (χ1) is 31.2. The summed E-state index contributed by atoms with van der Waals surface area (Å²) in [7, 11) is 1.75. The molecule has 7 heterocycles. The van der Waals surface area contributed by atoms with E-state index in [9.17, 15) is 14.4 Å². The number of thiazole rings is 1. The van der Waals surface area contributed by atoms with Gasteiger partial charge in [-0.1, -0.05) is 40.7 Å². The second-order valence-corrected chi connectivity index (χ2v) is 21.8. The third-order valence-electron chi connectivity index (χ3n) is 15.8. The van der Waals surface area contributed by atoms with Gasteiger partial charge in [-0.15, -0.1) is 11.3 Å². The van der Waals surface area contributed by atoms with E-state index in [1.54, 1.807) is 7.11 Å². The van der Waals surface area contributed by atoms with Crippen molar-refractivity contribution in [1.82, 2.24) is 35.2 Å². The summed E-state index contributed by atoms with van der Waals surface area (Å²) < 4.78 is 20.8. The summed E-state index contributed by atoms with van der Waals surface area (Å²) in [5, 5.41) is 8.62. The zero-order chi connectivity index (χ0) is 45.5. The summed E-state index contributed by atoms with van der Waals surface area (Å²) >= 11 is 1.51. The lowest BCUT2D eigenvalue weighted by Crippen LogP contribution is -2.61. The Bertz CT molecular complexity index is 2460. The molecule has 348 valence electrons. The number of pyridine rings is 1. The quantitative estimate of drug-likeness (QED) is 0.169. The number of rotatable bonds is 8. The highest BCUT2D eigenvalue weighted by Crippen LogP contribution is 2.48. The fourth-order valence-corrected chi connectivity index (χ4v) is 12.6. The molecule has 4 aliphatic heterocycles. The molecule has 65 heavy (non-hydrogen) atoms. The number of carbonyl (C=O) groups excluding carboxylic acids is 3. The monoisotopic (exact) mass is 905 g/mol. The Hall–Kier alpha value is -4.21. The van der Waals surface area contributed by atoms with Gasteiger partial charge in [0, 0.05) is 89.2 Å². The molecule has 2 aliphatic carbocycles. The smallest absolute Gasteiger partial charge is 0.324 e. The number of carbonyl (C=O) groups is 3. The first kappa shape index (κ1) is 44.6. The van der Waals surface area contributed by atoms with Gasteiger partial charge in [-0.3, -0.25) is 29.3 Å². The number of methoxy groups -OCH3 is 1. The maximum absolute atomic E-state index is 14.5. The molecule has 1 aromatic carbocycles. The molecular weight excluding hydrogens is 839 g/mol. The number of ether oxygens (including phenoxy) is 3. The predicted molar refractivity (Wildman–Crippen MR) is 251 cm³/mol. The Balaban J connectivity index is 1.09. The van der Waals surface area contributed by atoms with E-state index in [-0.39, 0.29) is 48.2 Å². The molecule has 13 nitrogen and oxygen atoms in total. The molecule has 10 rings (SSSR count). The number of aromatic nitrogens is 3. The second kappa shape index (κ2) is 17.5.